The summed E-state index contributed by atoms with van der Waals surface area (Å²) in [5, 5.41) is 5.78. The Balaban J connectivity index is 2.63. The van der Waals surface area contributed by atoms with E-state index in [-0.39, 0.29) is 12.6 Å². The Labute approximate surface area is 98.5 Å². The van der Waals surface area contributed by atoms with E-state index in [2.05, 4.69) is 10.3 Å². The first kappa shape index (κ1) is 13.3. The van der Waals surface area contributed by atoms with Crippen LogP contribution in [0.4, 0.5) is 13.9 Å². The van der Waals surface area contributed by atoms with Crippen LogP contribution in [0.5, 0.6) is 0 Å². The zero-order valence-electron chi connectivity index (χ0n) is 9.70. The normalized spacial score (nSPS) is 13.1. The molecule has 1 unspecified atom stereocenters. The number of thiazole rings is 1. The molecule has 16 heavy (non-hydrogen) atoms. The molecule has 0 fully saturated rings. The van der Waals surface area contributed by atoms with Crippen molar-refractivity contribution in [1.82, 2.24) is 10.3 Å². The Hall–Kier alpha value is -0.750. The monoisotopic (exact) mass is 249 g/mol. The predicted molar refractivity (Wildman–Crippen MR) is 63.5 cm³/mol. The van der Waals surface area contributed by atoms with Crippen molar-refractivity contribution in [2.24, 2.45) is 0 Å². The molecule has 0 aromatic carbocycles. The predicted octanol–water partition coefficient (Wildman–Crippen LogP) is 2.51. The fourth-order valence-corrected chi connectivity index (χ4v) is 2.24. The summed E-state index contributed by atoms with van der Waals surface area (Å²) in [5.74, 6) is 0. The molecule has 1 aromatic heterocycles. The summed E-state index contributed by atoms with van der Waals surface area (Å²) in [5.41, 5.74) is 0.906. The lowest BCUT2D eigenvalue weighted by molar-refractivity contribution is 0.156. The average Bonchev–Trinajstić information content (AvgIpc) is 2.65. The molecule has 0 saturated heterocycles. The third-order valence-electron chi connectivity index (χ3n) is 2.20. The highest BCUT2D eigenvalue weighted by Gasteiger charge is 2.14. The Morgan fingerprint density at radius 3 is 2.81 bits per heavy atom. The zero-order chi connectivity index (χ0) is 12.1. The summed E-state index contributed by atoms with van der Waals surface area (Å²) in [4.78, 5) is 5.81. The number of nitrogens with zero attached hydrogens (tertiary/aromatic N) is 2. The van der Waals surface area contributed by atoms with Gasteiger partial charge >= 0.3 is 0 Å². The van der Waals surface area contributed by atoms with Gasteiger partial charge in [-0.3, -0.25) is 0 Å². The fraction of sp³-hybridized carbons (Fsp3) is 0.700. The van der Waals surface area contributed by atoms with Gasteiger partial charge in [0.25, 0.3) is 6.43 Å². The van der Waals surface area contributed by atoms with E-state index in [4.69, 9.17) is 0 Å². The lowest BCUT2D eigenvalue weighted by Gasteiger charge is -2.14. The Morgan fingerprint density at radius 2 is 2.25 bits per heavy atom. The molecule has 92 valence electrons. The van der Waals surface area contributed by atoms with Gasteiger partial charge < -0.3 is 10.2 Å². The molecular formula is C10H17F2N3S. The van der Waals surface area contributed by atoms with Crippen LogP contribution < -0.4 is 10.2 Å². The maximum absolute atomic E-state index is 12.2. The van der Waals surface area contributed by atoms with E-state index >= 15 is 0 Å². The first-order valence-corrected chi connectivity index (χ1v) is 6.10. The van der Waals surface area contributed by atoms with Crippen molar-refractivity contribution in [2.75, 3.05) is 25.0 Å². The molecule has 0 bridgehead atoms. The van der Waals surface area contributed by atoms with Gasteiger partial charge in [-0.25, -0.2) is 13.8 Å². The number of hydrogen-bond acceptors (Lipinski definition) is 4. The van der Waals surface area contributed by atoms with Crippen LogP contribution in [0.2, 0.25) is 0 Å². The van der Waals surface area contributed by atoms with Crippen molar-refractivity contribution >= 4 is 16.5 Å². The second-order valence-corrected chi connectivity index (χ2v) is 4.44. The van der Waals surface area contributed by atoms with Gasteiger partial charge in [-0.2, -0.15) is 0 Å². The number of anilines is 1. The average molecular weight is 249 g/mol. The Bertz CT molecular complexity index is 317. The van der Waals surface area contributed by atoms with E-state index in [1.165, 1.54) is 16.2 Å². The molecule has 0 aliphatic carbocycles. The van der Waals surface area contributed by atoms with Crippen LogP contribution >= 0.6 is 11.3 Å². The molecule has 0 aliphatic rings. The van der Waals surface area contributed by atoms with E-state index in [1.54, 1.807) is 7.05 Å². The molecule has 3 nitrogen and oxygen atoms in total. The van der Waals surface area contributed by atoms with Gasteiger partial charge in [0.05, 0.1) is 12.2 Å². The minimum Gasteiger partial charge on any atom is -0.345 e. The largest absolute Gasteiger partial charge is 0.345 e. The van der Waals surface area contributed by atoms with E-state index in [9.17, 15) is 8.78 Å². The summed E-state index contributed by atoms with van der Waals surface area (Å²) in [6, 6.07) is 0.162. The molecular weight excluding hydrogens is 232 g/mol. The quantitative estimate of drug-likeness (QED) is 0.839. The highest BCUT2D eigenvalue weighted by atomic mass is 32.1. The number of nitrogens with one attached hydrogen (secondary N) is 1. The second kappa shape index (κ2) is 6.10. The molecule has 1 N–H and O–H groups in total. The van der Waals surface area contributed by atoms with Crippen LogP contribution in [-0.4, -0.2) is 31.5 Å². The Morgan fingerprint density at radius 1 is 1.56 bits per heavy atom. The standard InChI is InChI=1S/C10H17F2N3S/c1-4-13-7(2)8-6-16-10(14-8)15(3)5-9(11)12/h6-7,9,13H,4-5H2,1-3H3. The van der Waals surface area contributed by atoms with Crippen LogP contribution in [0.1, 0.15) is 25.6 Å². The van der Waals surface area contributed by atoms with Crippen LogP contribution in [-0.2, 0) is 0 Å². The van der Waals surface area contributed by atoms with Crippen LogP contribution in [0.15, 0.2) is 5.38 Å². The van der Waals surface area contributed by atoms with Crippen molar-refractivity contribution in [1.29, 1.82) is 0 Å². The van der Waals surface area contributed by atoms with Gasteiger partial charge in [0, 0.05) is 18.5 Å². The van der Waals surface area contributed by atoms with Crippen LogP contribution in [0.25, 0.3) is 0 Å². The summed E-state index contributed by atoms with van der Waals surface area (Å²) in [6.45, 7) is 4.62. The van der Waals surface area contributed by atoms with Crippen molar-refractivity contribution in [2.45, 2.75) is 26.3 Å². The number of alkyl halides is 2. The lowest BCUT2D eigenvalue weighted by Crippen LogP contribution is -2.24. The van der Waals surface area contributed by atoms with Crippen molar-refractivity contribution in [3.05, 3.63) is 11.1 Å². The third kappa shape index (κ3) is 3.68. The molecule has 1 rings (SSSR count). The summed E-state index contributed by atoms with van der Waals surface area (Å²) in [6.07, 6.45) is -2.33. The maximum atomic E-state index is 12.2. The molecule has 0 amide bonds. The molecule has 1 atom stereocenters. The van der Waals surface area contributed by atoms with Gasteiger partial charge in [0.15, 0.2) is 5.13 Å². The van der Waals surface area contributed by atoms with Crippen LogP contribution in [0.3, 0.4) is 0 Å². The topological polar surface area (TPSA) is 28.2 Å². The molecule has 1 heterocycles. The van der Waals surface area contributed by atoms with E-state index in [1.807, 2.05) is 19.2 Å². The third-order valence-corrected chi connectivity index (χ3v) is 3.18. The molecule has 1 aromatic rings. The summed E-state index contributed by atoms with van der Waals surface area (Å²) < 4.78 is 24.4. The van der Waals surface area contributed by atoms with Gasteiger partial charge in [-0.15, -0.1) is 11.3 Å². The van der Waals surface area contributed by atoms with Gasteiger partial charge in [-0.1, -0.05) is 6.92 Å². The number of aromatic nitrogens is 1. The first-order valence-electron chi connectivity index (χ1n) is 5.22. The lowest BCUT2D eigenvalue weighted by atomic mass is 10.3. The van der Waals surface area contributed by atoms with Crippen LogP contribution in [0, 0.1) is 0 Å². The zero-order valence-corrected chi connectivity index (χ0v) is 10.5. The minimum atomic E-state index is -2.33. The van der Waals surface area contributed by atoms with Crippen molar-refractivity contribution in [3.63, 3.8) is 0 Å². The van der Waals surface area contributed by atoms with Crippen molar-refractivity contribution < 1.29 is 8.78 Å². The summed E-state index contributed by atoms with van der Waals surface area (Å²) >= 11 is 1.40. The number of rotatable bonds is 6. The molecule has 0 spiro atoms. The first-order chi connectivity index (χ1) is 7.54. The molecule has 6 heteroatoms. The van der Waals surface area contributed by atoms with Gasteiger partial charge in [0.2, 0.25) is 0 Å². The maximum Gasteiger partial charge on any atom is 0.255 e. The van der Waals surface area contributed by atoms with E-state index in [0.717, 1.165) is 12.2 Å². The highest BCUT2D eigenvalue weighted by molar-refractivity contribution is 7.13. The molecule has 0 aliphatic heterocycles. The smallest absolute Gasteiger partial charge is 0.255 e. The number of halogens is 2. The van der Waals surface area contributed by atoms with E-state index in [0.29, 0.717) is 5.13 Å². The second-order valence-electron chi connectivity index (χ2n) is 3.61. The summed E-state index contributed by atoms with van der Waals surface area (Å²) in [7, 11) is 1.63. The molecule has 0 radical (unpaired) electrons. The van der Waals surface area contributed by atoms with E-state index < -0.39 is 6.43 Å². The molecule has 0 saturated carbocycles. The highest BCUT2D eigenvalue weighted by Crippen LogP contribution is 2.23. The van der Waals surface area contributed by atoms with Crippen molar-refractivity contribution in [3.8, 4) is 0 Å². The minimum absolute atomic E-state index is 0.162. The van der Waals surface area contributed by atoms with Gasteiger partial charge in [0.1, 0.15) is 0 Å². The van der Waals surface area contributed by atoms with Gasteiger partial charge in [-0.05, 0) is 13.5 Å². The Kier molecular flexibility index (Phi) is 5.08. The number of hydrogen-bond donors (Lipinski definition) is 1. The fourth-order valence-electron chi connectivity index (χ4n) is 1.35. The SMILES string of the molecule is CCNC(C)c1csc(N(C)CC(F)F)n1.